The second kappa shape index (κ2) is 6.38. The van der Waals surface area contributed by atoms with E-state index in [1.807, 2.05) is 13.8 Å². The number of benzene rings is 1. The highest BCUT2D eigenvalue weighted by Crippen LogP contribution is 2.38. The maximum absolute atomic E-state index is 12.9. The van der Waals surface area contributed by atoms with Gasteiger partial charge in [-0.1, -0.05) is 25.8 Å². The molecule has 0 radical (unpaired) electrons. The molecule has 134 valence electrons. The molecule has 4 N–H and O–H groups in total. The van der Waals surface area contributed by atoms with E-state index in [9.17, 15) is 14.4 Å². The van der Waals surface area contributed by atoms with E-state index in [4.69, 9.17) is 5.73 Å². The van der Waals surface area contributed by atoms with Crippen LogP contribution in [0.3, 0.4) is 0 Å². The largest absolute Gasteiger partial charge is 0.399 e. The lowest BCUT2D eigenvalue weighted by Gasteiger charge is -2.36. The summed E-state index contributed by atoms with van der Waals surface area (Å²) in [7, 11) is 0. The van der Waals surface area contributed by atoms with E-state index < -0.39 is 17.5 Å². The Morgan fingerprint density at radius 2 is 2.16 bits per heavy atom. The van der Waals surface area contributed by atoms with E-state index in [2.05, 4.69) is 10.6 Å². The standard InChI is InChI=1S/C18H24N4O3/c1-11-6-7-13(19)9-14(11)20-15(23)10-22-16(24)18(21-17(22)25)8-4-3-5-12(18)2/h6-7,9,12H,3-5,8,10,19H2,1-2H3,(H,20,23)(H,21,25). The summed E-state index contributed by atoms with van der Waals surface area (Å²) in [5.41, 5.74) is 6.87. The fourth-order valence-electron chi connectivity index (χ4n) is 3.75. The molecular weight excluding hydrogens is 320 g/mol. The fraction of sp³-hybridized carbons (Fsp3) is 0.500. The molecule has 0 bridgehead atoms. The molecule has 4 amide bonds. The summed E-state index contributed by atoms with van der Waals surface area (Å²) < 4.78 is 0. The number of anilines is 2. The van der Waals surface area contributed by atoms with Crippen LogP contribution >= 0.6 is 0 Å². The number of nitrogen functional groups attached to an aromatic ring is 1. The lowest BCUT2D eigenvalue weighted by Crippen LogP contribution is -2.54. The topological polar surface area (TPSA) is 105 Å². The number of aryl methyl sites for hydroxylation is 1. The number of urea groups is 1. The third-order valence-electron chi connectivity index (χ3n) is 5.34. The highest BCUT2D eigenvalue weighted by atomic mass is 16.2. The van der Waals surface area contributed by atoms with Gasteiger partial charge in [-0.15, -0.1) is 0 Å². The van der Waals surface area contributed by atoms with Crippen molar-refractivity contribution < 1.29 is 14.4 Å². The summed E-state index contributed by atoms with van der Waals surface area (Å²) in [6.07, 6.45) is 3.49. The minimum atomic E-state index is -0.845. The van der Waals surface area contributed by atoms with E-state index in [-0.39, 0.29) is 18.4 Å². The van der Waals surface area contributed by atoms with Crippen LogP contribution in [0.25, 0.3) is 0 Å². The van der Waals surface area contributed by atoms with Crippen LogP contribution < -0.4 is 16.4 Å². The van der Waals surface area contributed by atoms with Crippen molar-refractivity contribution in [1.29, 1.82) is 0 Å². The normalized spacial score (nSPS) is 26.0. The SMILES string of the molecule is Cc1ccc(N)cc1NC(=O)CN1C(=O)NC2(CCCCC2C)C1=O. The molecule has 2 aliphatic rings. The molecule has 1 aliphatic carbocycles. The first kappa shape index (κ1) is 17.3. The van der Waals surface area contributed by atoms with Crippen molar-refractivity contribution in [2.75, 3.05) is 17.6 Å². The molecule has 1 saturated heterocycles. The molecule has 7 nitrogen and oxygen atoms in total. The number of carbonyl (C=O) groups is 3. The molecule has 2 fully saturated rings. The van der Waals surface area contributed by atoms with Crippen LogP contribution in [0.2, 0.25) is 0 Å². The van der Waals surface area contributed by atoms with Gasteiger partial charge >= 0.3 is 6.03 Å². The van der Waals surface area contributed by atoms with E-state index in [0.717, 1.165) is 29.7 Å². The third kappa shape index (κ3) is 3.06. The summed E-state index contributed by atoms with van der Waals surface area (Å²) in [6, 6.07) is 4.72. The Labute approximate surface area is 146 Å². The Balaban J connectivity index is 1.72. The molecule has 2 atom stereocenters. The summed E-state index contributed by atoms with van der Waals surface area (Å²) in [4.78, 5) is 38.5. The van der Waals surface area contributed by atoms with Gasteiger partial charge in [0.25, 0.3) is 5.91 Å². The zero-order chi connectivity index (χ0) is 18.2. The Morgan fingerprint density at radius 1 is 1.40 bits per heavy atom. The molecule has 1 heterocycles. The second-order valence-corrected chi connectivity index (χ2v) is 7.06. The minimum Gasteiger partial charge on any atom is -0.399 e. The summed E-state index contributed by atoms with van der Waals surface area (Å²) in [5.74, 6) is -0.635. The number of nitrogens with one attached hydrogen (secondary N) is 2. The Hall–Kier alpha value is -2.57. The molecule has 2 unspecified atom stereocenters. The Bertz CT molecular complexity index is 733. The highest BCUT2D eigenvalue weighted by molar-refractivity contribution is 6.10. The monoisotopic (exact) mass is 344 g/mol. The van der Waals surface area contributed by atoms with Crippen LogP contribution in [-0.4, -0.2) is 34.8 Å². The van der Waals surface area contributed by atoms with Gasteiger partial charge in [-0.2, -0.15) is 0 Å². The van der Waals surface area contributed by atoms with Crippen molar-refractivity contribution in [3.05, 3.63) is 23.8 Å². The summed E-state index contributed by atoms with van der Waals surface area (Å²) >= 11 is 0. The van der Waals surface area contributed by atoms with E-state index in [0.29, 0.717) is 17.8 Å². The van der Waals surface area contributed by atoms with Gasteiger partial charge in [-0.05, 0) is 43.4 Å². The van der Waals surface area contributed by atoms with Gasteiger partial charge in [0.1, 0.15) is 12.1 Å². The van der Waals surface area contributed by atoms with Gasteiger partial charge in [0.15, 0.2) is 0 Å². The van der Waals surface area contributed by atoms with E-state index >= 15 is 0 Å². The quantitative estimate of drug-likeness (QED) is 0.576. The van der Waals surface area contributed by atoms with Gasteiger partial charge < -0.3 is 16.4 Å². The van der Waals surface area contributed by atoms with Crippen molar-refractivity contribution in [3.63, 3.8) is 0 Å². The zero-order valence-corrected chi connectivity index (χ0v) is 14.6. The molecular formula is C18H24N4O3. The van der Waals surface area contributed by atoms with Crippen LogP contribution in [-0.2, 0) is 9.59 Å². The molecule has 1 spiro atoms. The third-order valence-corrected chi connectivity index (χ3v) is 5.34. The summed E-state index contributed by atoms with van der Waals surface area (Å²) in [6.45, 7) is 3.53. The molecule has 1 aromatic rings. The predicted molar refractivity (Wildman–Crippen MR) is 94.8 cm³/mol. The minimum absolute atomic E-state index is 0.0712. The van der Waals surface area contributed by atoms with Crippen LogP contribution in [0.4, 0.5) is 16.2 Å². The number of amides is 4. The van der Waals surface area contributed by atoms with E-state index in [1.165, 1.54) is 0 Å². The molecule has 1 aliphatic heterocycles. The number of carbonyl (C=O) groups excluding carboxylic acids is 3. The Morgan fingerprint density at radius 3 is 2.88 bits per heavy atom. The van der Waals surface area contributed by atoms with Crippen molar-refractivity contribution in [2.45, 2.75) is 45.1 Å². The van der Waals surface area contributed by atoms with Crippen molar-refractivity contribution in [3.8, 4) is 0 Å². The molecule has 0 aromatic heterocycles. The molecule has 1 aromatic carbocycles. The van der Waals surface area contributed by atoms with Gasteiger partial charge in [0, 0.05) is 11.4 Å². The number of hydrogen-bond acceptors (Lipinski definition) is 4. The van der Waals surface area contributed by atoms with Crippen molar-refractivity contribution in [1.82, 2.24) is 10.2 Å². The fourth-order valence-corrected chi connectivity index (χ4v) is 3.75. The first-order valence-corrected chi connectivity index (χ1v) is 8.63. The van der Waals surface area contributed by atoms with Gasteiger partial charge in [-0.3, -0.25) is 14.5 Å². The first-order valence-electron chi connectivity index (χ1n) is 8.63. The molecule has 7 heteroatoms. The highest BCUT2D eigenvalue weighted by Gasteiger charge is 2.55. The van der Waals surface area contributed by atoms with E-state index in [1.54, 1.807) is 18.2 Å². The zero-order valence-electron chi connectivity index (χ0n) is 14.6. The summed E-state index contributed by atoms with van der Waals surface area (Å²) in [5, 5.41) is 5.57. The number of rotatable bonds is 3. The van der Waals surface area contributed by atoms with Crippen LogP contribution in [0.15, 0.2) is 18.2 Å². The average molecular weight is 344 g/mol. The number of imide groups is 1. The van der Waals surface area contributed by atoms with Crippen LogP contribution in [0.5, 0.6) is 0 Å². The Kier molecular flexibility index (Phi) is 4.41. The van der Waals surface area contributed by atoms with Crippen molar-refractivity contribution >= 4 is 29.2 Å². The number of nitrogens with zero attached hydrogens (tertiary/aromatic N) is 1. The number of nitrogens with two attached hydrogens (primary N) is 1. The lowest BCUT2D eigenvalue weighted by atomic mass is 9.73. The maximum Gasteiger partial charge on any atom is 0.325 e. The maximum atomic E-state index is 12.9. The van der Waals surface area contributed by atoms with Gasteiger partial charge in [0.05, 0.1) is 0 Å². The van der Waals surface area contributed by atoms with Gasteiger partial charge in [0.2, 0.25) is 5.91 Å². The van der Waals surface area contributed by atoms with Crippen LogP contribution in [0.1, 0.15) is 38.2 Å². The smallest absolute Gasteiger partial charge is 0.325 e. The average Bonchev–Trinajstić information content (AvgIpc) is 2.79. The second-order valence-electron chi connectivity index (χ2n) is 7.06. The molecule has 25 heavy (non-hydrogen) atoms. The predicted octanol–water partition coefficient (Wildman–Crippen LogP) is 2.02. The molecule has 1 saturated carbocycles. The first-order chi connectivity index (χ1) is 11.8. The van der Waals surface area contributed by atoms with Crippen LogP contribution in [0, 0.1) is 12.8 Å². The van der Waals surface area contributed by atoms with Gasteiger partial charge in [-0.25, -0.2) is 4.79 Å². The number of hydrogen-bond donors (Lipinski definition) is 3. The lowest BCUT2D eigenvalue weighted by molar-refractivity contribution is -0.136. The van der Waals surface area contributed by atoms with Crippen molar-refractivity contribution in [2.24, 2.45) is 5.92 Å². The molecule has 3 rings (SSSR count).